The molecule has 0 spiro atoms. The summed E-state index contributed by atoms with van der Waals surface area (Å²) in [4.78, 5) is 21.1. The number of hydrogen-bond donors (Lipinski definition) is 0. The molecule has 0 radical (unpaired) electrons. The molecule has 0 aromatic carbocycles. The van der Waals surface area contributed by atoms with Gasteiger partial charge in [-0.2, -0.15) is 0 Å². The van der Waals surface area contributed by atoms with Crippen molar-refractivity contribution in [3.63, 3.8) is 0 Å². The Kier molecular flexibility index (Phi) is 3.71. The molecule has 1 aromatic rings. The zero-order chi connectivity index (χ0) is 15.1. The number of Topliss-reactive ketones (excluding diaryl/α,β-unsaturated/α-hetero) is 1. The third-order valence-electron chi connectivity index (χ3n) is 3.73. The molecular weight excluding hydrogens is 252 g/mol. The van der Waals surface area contributed by atoms with Crippen molar-refractivity contribution in [3.05, 3.63) is 23.3 Å². The molecule has 4 nitrogen and oxygen atoms in total. The molecule has 1 aliphatic rings. The SMILES string of the molecule is COC(c1ncc2c(n1)CC(C)(C)CC2=O)C(C)(C)C. The van der Waals surface area contributed by atoms with E-state index in [1.807, 2.05) is 0 Å². The Hall–Kier alpha value is -1.29. The summed E-state index contributed by atoms with van der Waals surface area (Å²) >= 11 is 0. The van der Waals surface area contributed by atoms with Crippen molar-refractivity contribution in [2.24, 2.45) is 10.8 Å². The van der Waals surface area contributed by atoms with Crippen LogP contribution in [0.15, 0.2) is 6.20 Å². The second kappa shape index (κ2) is 4.92. The van der Waals surface area contributed by atoms with E-state index in [1.165, 1.54) is 0 Å². The van der Waals surface area contributed by atoms with E-state index >= 15 is 0 Å². The number of ketones is 1. The molecule has 1 unspecified atom stereocenters. The van der Waals surface area contributed by atoms with Crippen molar-refractivity contribution in [1.29, 1.82) is 0 Å². The predicted octanol–water partition coefficient (Wildman–Crippen LogP) is 3.37. The largest absolute Gasteiger partial charge is 0.373 e. The van der Waals surface area contributed by atoms with E-state index in [0.717, 1.165) is 12.1 Å². The van der Waals surface area contributed by atoms with Crippen LogP contribution in [0.25, 0.3) is 0 Å². The van der Waals surface area contributed by atoms with Crippen molar-refractivity contribution >= 4 is 5.78 Å². The molecule has 1 aromatic heterocycles. The van der Waals surface area contributed by atoms with Gasteiger partial charge < -0.3 is 4.74 Å². The minimum atomic E-state index is -0.173. The maximum absolute atomic E-state index is 12.1. The predicted molar refractivity (Wildman–Crippen MR) is 77.7 cm³/mol. The molecule has 110 valence electrons. The zero-order valence-electron chi connectivity index (χ0n) is 13.3. The second-order valence-corrected chi connectivity index (χ2v) is 7.51. The van der Waals surface area contributed by atoms with Gasteiger partial charge in [-0.1, -0.05) is 34.6 Å². The van der Waals surface area contributed by atoms with Crippen LogP contribution in [0.1, 0.15) is 69.0 Å². The van der Waals surface area contributed by atoms with E-state index in [-0.39, 0.29) is 22.7 Å². The lowest BCUT2D eigenvalue weighted by atomic mass is 9.76. The lowest BCUT2D eigenvalue weighted by molar-refractivity contribution is 0.00834. The molecule has 0 saturated carbocycles. The van der Waals surface area contributed by atoms with Gasteiger partial charge in [-0.15, -0.1) is 0 Å². The van der Waals surface area contributed by atoms with Crippen molar-refractivity contribution in [2.45, 2.75) is 53.6 Å². The van der Waals surface area contributed by atoms with Gasteiger partial charge in [-0.25, -0.2) is 9.97 Å². The number of nitrogens with zero attached hydrogens (tertiary/aromatic N) is 2. The number of carbonyl (C=O) groups excluding carboxylic acids is 1. The smallest absolute Gasteiger partial charge is 0.166 e. The quantitative estimate of drug-likeness (QED) is 0.831. The number of hydrogen-bond acceptors (Lipinski definition) is 4. The highest BCUT2D eigenvalue weighted by atomic mass is 16.5. The molecule has 0 N–H and O–H groups in total. The average molecular weight is 276 g/mol. The van der Waals surface area contributed by atoms with Crippen molar-refractivity contribution in [2.75, 3.05) is 7.11 Å². The Morgan fingerprint density at radius 1 is 1.30 bits per heavy atom. The van der Waals surface area contributed by atoms with Crippen LogP contribution in [-0.4, -0.2) is 22.9 Å². The van der Waals surface area contributed by atoms with Gasteiger partial charge in [0.15, 0.2) is 11.6 Å². The molecular formula is C16H24N2O2. The molecule has 0 aliphatic heterocycles. The summed E-state index contributed by atoms with van der Waals surface area (Å²) in [6, 6.07) is 0. The lowest BCUT2D eigenvalue weighted by Crippen LogP contribution is -2.30. The van der Waals surface area contributed by atoms with Crippen molar-refractivity contribution in [1.82, 2.24) is 9.97 Å². The fourth-order valence-corrected chi connectivity index (χ4v) is 2.82. The molecule has 4 heteroatoms. The van der Waals surface area contributed by atoms with Crippen LogP contribution in [0.4, 0.5) is 0 Å². The first-order valence-electron chi connectivity index (χ1n) is 7.06. The molecule has 0 saturated heterocycles. The first kappa shape index (κ1) is 15.1. The molecule has 1 atom stereocenters. The first-order chi connectivity index (χ1) is 9.14. The van der Waals surface area contributed by atoms with Crippen LogP contribution in [0, 0.1) is 10.8 Å². The third kappa shape index (κ3) is 2.90. The maximum Gasteiger partial charge on any atom is 0.166 e. The number of fused-ring (bicyclic) bond motifs is 1. The minimum Gasteiger partial charge on any atom is -0.373 e. The molecule has 20 heavy (non-hydrogen) atoms. The summed E-state index contributed by atoms with van der Waals surface area (Å²) in [5.41, 5.74) is 1.43. The van der Waals surface area contributed by atoms with Crippen LogP contribution in [0.3, 0.4) is 0 Å². The van der Waals surface area contributed by atoms with Crippen molar-refractivity contribution in [3.8, 4) is 0 Å². The van der Waals surface area contributed by atoms with Gasteiger partial charge in [-0.3, -0.25) is 4.79 Å². The molecule has 0 fully saturated rings. The molecule has 2 rings (SSSR count). The summed E-state index contributed by atoms with van der Waals surface area (Å²) in [5.74, 6) is 0.816. The second-order valence-electron chi connectivity index (χ2n) is 7.51. The maximum atomic E-state index is 12.1. The summed E-state index contributed by atoms with van der Waals surface area (Å²) in [5, 5.41) is 0. The molecule has 1 heterocycles. The van der Waals surface area contributed by atoms with Gasteiger partial charge in [0.25, 0.3) is 0 Å². The number of rotatable bonds is 2. The lowest BCUT2D eigenvalue weighted by Gasteiger charge is -2.31. The van der Waals surface area contributed by atoms with Gasteiger partial charge in [0.1, 0.15) is 6.10 Å². The topological polar surface area (TPSA) is 52.1 Å². The highest BCUT2D eigenvalue weighted by Crippen LogP contribution is 2.37. The highest BCUT2D eigenvalue weighted by molar-refractivity contribution is 5.98. The third-order valence-corrected chi connectivity index (χ3v) is 3.73. The van der Waals surface area contributed by atoms with E-state index in [9.17, 15) is 4.79 Å². The molecule has 0 amide bonds. The van der Waals surface area contributed by atoms with E-state index in [4.69, 9.17) is 4.74 Å². The highest BCUT2D eigenvalue weighted by Gasteiger charge is 2.34. The monoisotopic (exact) mass is 276 g/mol. The van der Waals surface area contributed by atoms with E-state index in [2.05, 4.69) is 44.6 Å². The van der Waals surface area contributed by atoms with Gasteiger partial charge in [0.05, 0.1) is 11.3 Å². The van der Waals surface area contributed by atoms with Crippen LogP contribution in [0.2, 0.25) is 0 Å². The minimum absolute atomic E-state index is 0.0278. The number of carbonyl (C=O) groups is 1. The zero-order valence-corrected chi connectivity index (χ0v) is 13.3. The summed E-state index contributed by atoms with van der Waals surface area (Å²) < 4.78 is 5.56. The number of ether oxygens (including phenoxy) is 1. The normalized spacial score (nSPS) is 19.6. The molecule has 0 bridgehead atoms. The fraction of sp³-hybridized carbons (Fsp3) is 0.688. The Balaban J connectivity index is 2.44. The van der Waals surface area contributed by atoms with E-state index in [1.54, 1.807) is 13.3 Å². The standard InChI is InChI=1S/C16H24N2O2/c1-15(2,3)13(20-6)14-17-9-10-11(18-14)7-16(4,5)8-12(10)19/h9,13H,7-8H2,1-6H3. The van der Waals surface area contributed by atoms with Gasteiger partial charge in [-0.05, 0) is 17.3 Å². The summed E-state index contributed by atoms with van der Waals surface area (Å²) in [6.07, 6.45) is 2.88. The Bertz CT molecular complexity index is 530. The van der Waals surface area contributed by atoms with Crippen LogP contribution in [-0.2, 0) is 11.2 Å². The van der Waals surface area contributed by atoms with Crippen LogP contribution in [0.5, 0.6) is 0 Å². The van der Waals surface area contributed by atoms with Gasteiger partial charge >= 0.3 is 0 Å². The Labute approximate surface area is 121 Å². The van der Waals surface area contributed by atoms with Gasteiger partial charge in [0.2, 0.25) is 0 Å². The van der Waals surface area contributed by atoms with Crippen LogP contribution >= 0.6 is 0 Å². The van der Waals surface area contributed by atoms with E-state index in [0.29, 0.717) is 17.8 Å². The van der Waals surface area contributed by atoms with Crippen LogP contribution < -0.4 is 0 Å². The average Bonchev–Trinajstić information content (AvgIpc) is 2.25. The number of aromatic nitrogens is 2. The van der Waals surface area contributed by atoms with Gasteiger partial charge in [0, 0.05) is 19.7 Å². The number of methoxy groups -OCH3 is 1. The van der Waals surface area contributed by atoms with Crippen molar-refractivity contribution < 1.29 is 9.53 Å². The summed E-state index contributed by atoms with van der Waals surface area (Å²) in [6.45, 7) is 10.5. The summed E-state index contributed by atoms with van der Waals surface area (Å²) in [7, 11) is 1.67. The molecule has 1 aliphatic carbocycles. The Morgan fingerprint density at radius 2 is 1.95 bits per heavy atom. The first-order valence-corrected chi connectivity index (χ1v) is 7.06. The fourth-order valence-electron chi connectivity index (χ4n) is 2.82. The Morgan fingerprint density at radius 3 is 2.50 bits per heavy atom. The van der Waals surface area contributed by atoms with E-state index < -0.39 is 0 Å².